The van der Waals surface area contributed by atoms with Crippen molar-refractivity contribution in [3.63, 3.8) is 0 Å². The number of carbonyl (C=O) groups excluding carboxylic acids is 1. The summed E-state index contributed by atoms with van der Waals surface area (Å²) in [5.41, 5.74) is 1.36. The number of amides is 1. The van der Waals surface area contributed by atoms with Crippen LogP contribution in [0.2, 0.25) is 0 Å². The molecule has 142 valence electrons. The maximum Gasteiger partial charge on any atom is 0.222 e. The summed E-state index contributed by atoms with van der Waals surface area (Å²) >= 11 is 0. The van der Waals surface area contributed by atoms with Crippen LogP contribution in [0.3, 0.4) is 0 Å². The summed E-state index contributed by atoms with van der Waals surface area (Å²) < 4.78 is 40.1. The quantitative estimate of drug-likeness (QED) is 0.764. The molecule has 0 N–H and O–H groups in total. The molecule has 2 aromatic rings. The summed E-state index contributed by atoms with van der Waals surface area (Å²) in [6.07, 6.45) is 0.189. The highest BCUT2D eigenvalue weighted by atomic mass is 19.1. The van der Waals surface area contributed by atoms with Crippen molar-refractivity contribution in [1.29, 1.82) is 0 Å². The summed E-state index contributed by atoms with van der Waals surface area (Å²) in [7, 11) is 0. The van der Waals surface area contributed by atoms with E-state index in [1.807, 2.05) is 0 Å². The molecule has 0 saturated heterocycles. The number of hydrogen-bond acceptors (Lipinski definition) is 3. The second-order valence-electron chi connectivity index (χ2n) is 6.35. The standard InChI is InChI=1S/C20H19F3N2O2/c1-2-20(26)25(11-13-3-5-14(21)6-4-13)12-16-10-19(24-27-16)17-8-7-15(22)9-18(17)23/h3-9,16H,2,10-12H2,1H3. The molecule has 1 aliphatic heterocycles. The Balaban J connectivity index is 1.66. The Morgan fingerprint density at radius 3 is 2.52 bits per heavy atom. The van der Waals surface area contributed by atoms with Gasteiger partial charge in [-0.05, 0) is 29.8 Å². The van der Waals surface area contributed by atoms with Crippen molar-refractivity contribution in [3.8, 4) is 0 Å². The van der Waals surface area contributed by atoms with Gasteiger partial charge in [0.05, 0.1) is 12.3 Å². The lowest BCUT2D eigenvalue weighted by atomic mass is 10.0. The first-order chi connectivity index (χ1) is 13.0. The topological polar surface area (TPSA) is 41.9 Å². The number of carbonyl (C=O) groups is 1. The SMILES string of the molecule is CCC(=O)N(Cc1ccc(F)cc1)CC1CC(c2ccc(F)cc2F)=NO1. The molecule has 0 fully saturated rings. The van der Waals surface area contributed by atoms with Crippen LogP contribution < -0.4 is 0 Å². The van der Waals surface area contributed by atoms with Gasteiger partial charge < -0.3 is 9.74 Å². The number of benzene rings is 2. The van der Waals surface area contributed by atoms with E-state index in [1.165, 1.54) is 18.2 Å². The summed E-state index contributed by atoms with van der Waals surface area (Å²) in [6, 6.07) is 9.21. The van der Waals surface area contributed by atoms with Crippen molar-refractivity contribution in [1.82, 2.24) is 4.90 Å². The van der Waals surface area contributed by atoms with E-state index in [2.05, 4.69) is 5.16 Å². The van der Waals surface area contributed by atoms with Crippen molar-refractivity contribution in [2.24, 2.45) is 5.16 Å². The maximum atomic E-state index is 13.9. The van der Waals surface area contributed by atoms with Gasteiger partial charge in [0.15, 0.2) is 6.10 Å². The number of halogens is 3. The maximum absolute atomic E-state index is 13.9. The molecule has 0 radical (unpaired) electrons. The van der Waals surface area contributed by atoms with E-state index in [-0.39, 0.29) is 23.8 Å². The van der Waals surface area contributed by atoms with Crippen LogP contribution in [0.4, 0.5) is 13.2 Å². The fraction of sp³-hybridized carbons (Fsp3) is 0.300. The Kier molecular flexibility index (Phi) is 5.78. The molecule has 0 aromatic heterocycles. The van der Waals surface area contributed by atoms with E-state index in [9.17, 15) is 18.0 Å². The van der Waals surface area contributed by atoms with Crippen LogP contribution in [-0.4, -0.2) is 29.2 Å². The van der Waals surface area contributed by atoms with Crippen LogP contribution in [0.25, 0.3) is 0 Å². The molecule has 1 heterocycles. The van der Waals surface area contributed by atoms with Crippen molar-refractivity contribution in [3.05, 3.63) is 71.0 Å². The highest BCUT2D eigenvalue weighted by Gasteiger charge is 2.27. The van der Waals surface area contributed by atoms with Gasteiger partial charge in [0.2, 0.25) is 5.91 Å². The monoisotopic (exact) mass is 376 g/mol. The van der Waals surface area contributed by atoms with Crippen molar-refractivity contribution < 1.29 is 22.8 Å². The third kappa shape index (κ3) is 4.67. The average Bonchev–Trinajstić information content (AvgIpc) is 3.10. The lowest BCUT2D eigenvalue weighted by Gasteiger charge is -2.24. The van der Waals surface area contributed by atoms with Gasteiger partial charge in [-0.15, -0.1) is 0 Å². The number of nitrogens with zero attached hydrogens (tertiary/aromatic N) is 2. The number of hydrogen-bond donors (Lipinski definition) is 0. The van der Waals surface area contributed by atoms with Gasteiger partial charge in [0.25, 0.3) is 0 Å². The van der Waals surface area contributed by atoms with Gasteiger partial charge in [-0.3, -0.25) is 4.79 Å². The molecular formula is C20H19F3N2O2. The Morgan fingerprint density at radius 1 is 1.15 bits per heavy atom. The van der Waals surface area contributed by atoms with Crippen LogP contribution >= 0.6 is 0 Å². The predicted molar refractivity (Wildman–Crippen MR) is 94.5 cm³/mol. The summed E-state index contributed by atoms with van der Waals surface area (Å²) in [4.78, 5) is 19.2. The molecule has 1 aliphatic rings. The summed E-state index contributed by atoms with van der Waals surface area (Å²) in [5.74, 6) is -1.79. The average molecular weight is 376 g/mol. The zero-order valence-electron chi connectivity index (χ0n) is 14.8. The van der Waals surface area contributed by atoms with Gasteiger partial charge >= 0.3 is 0 Å². The minimum absolute atomic E-state index is 0.0793. The largest absolute Gasteiger partial charge is 0.390 e. The van der Waals surface area contributed by atoms with Crippen molar-refractivity contribution >= 4 is 11.6 Å². The van der Waals surface area contributed by atoms with Crippen LogP contribution in [0, 0.1) is 17.5 Å². The minimum atomic E-state index is -0.703. The number of oxime groups is 1. The summed E-state index contributed by atoms with van der Waals surface area (Å²) in [5, 5.41) is 3.90. The fourth-order valence-corrected chi connectivity index (χ4v) is 2.94. The number of rotatable bonds is 6. The molecule has 1 amide bonds. The highest BCUT2D eigenvalue weighted by molar-refractivity contribution is 6.01. The van der Waals surface area contributed by atoms with Crippen molar-refractivity contribution in [2.75, 3.05) is 6.54 Å². The third-order valence-electron chi connectivity index (χ3n) is 4.34. The molecule has 0 saturated carbocycles. The molecule has 2 aromatic carbocycles. The fourth-order valence-electron chi connectivity index (χ4n) is 2.94. The molecule has 27 heavy (non-hydrogen) atoms. The molecule has 7 heteroatoms. The lowest BCUT2D eigenvalue weighted by molar-refractivity contribution is -0.133. The van der Waals surface area contributed by atoms with Gasteiger partial charge in [0, 0.05) is 31.0 Å². The molecule has 0 spiro atoms. The minimum Gasteiger partial charge on any atom is -0.390 e. The normalized spacial score (nSPS) is 16.0. The van der Waals surface area contributed by atoms with Gasteiger partial charge in [-0.2, -0.15) is 0 Å². The second-order valence-corrected chi connectivity index (χ2v) is 6.35. The Labute approximate surface area is 155 Å². The first-order valence-corrected chi connectivity index (χ1v) is 8.66. The van der Waals surface area contributed by atoms with Crippen LogP contribution in [-0.2, 0) is 16.2 Å². The van der Waals surface area contributed by atoms with Crippen LogP contribution in [0.5, 0.6) is 0 Å². The van der Waals surface area contributed by atoms with E-state index < -0.39 is 17.7 Å². The first-order valence-electron chi connectivity index (χ1n) is 8.66. The predicted octanol–water partition coefficient (Wildman–Crippen LogP) is 4.04. The second kappa shape index (κ2) is 8.24. The lowest BCUT2D eigenvalue weighted by Crippen LogP contribution is -2.36. The molecule has 1 atom stereocenters. The third-order valence-corrected chi connectivity index (χ3v) is 4.34. The Morgan fingerprint density at radius 2 is 1.85 bits per heavy atom. The van der Waals surface area contributed by atoms with E-state index in [0.29, 0.717) is 25.1 Å². The molecular weight excluding hydrogens is 357 g/mol. The molecule has 1 unspecified atom stereocenters. The molecule has 0 bridgehead atoms. The van der Waals surface area contributed by atoms with Crippen LogP contribution in [0.1, 0.15) is 30.9 Å². The first kappa shape index (κ1) is 18.9. The summed E-state index contributed by atoms with van der Waals surface area (Å²) in [6.45, 7) is 2.33. The van der Waals surface area contributed by atoms with E-state index in [4.69, 9.17) is 4.84 Å². The zero-order valence-corrected chi connectivity index (χ0v) is 14.8. The Bertz CT molecular complexity index is 853. The van der Waals surface area contributed by atoms with E-state index in [0.717, 1.165) is 17.7 Å². The van der Waals surface area contributed by atoms with Gasteiger partial charge in [-0.25, -0.2) is 13.2 Å². The van der Waals surface area contributed by atoms with Crippen LogP contribution in [0.15, 0.2) is 47.6 Å². The highest BCUT2D eigenvalue weighted by Crippen LogP contribution is 2.21. The smallest absolute Gasteiger partial charge is 0.222 e. The van der Waals surface area contributed by atoms with E-state index in [1.54, 1.807) is 24.0 Å². The molecule has 4 nitrogen and oxygen atoms in total. The van der Waals surface area contributed by atoms with E-state index >= 15 is 0 Å². The van der Waals surface area contributed by atoms with Gasteiger partial charge in [0.1, 0.15) is 17.5 Å². The van der Waals surface area contributed by atoms with Crippen molar-refractivity contribution in [2.45, 2.75) is 32.4 Å². The Hall–Kier alpha value is -2.83. The molecule has 3 rings (SSSR count). The van der Waals surface area contributed by atoms with Gasteiger partial charge in [-0.1, -0.05) is 24.2 Å². The zero-order chi connectivity index (χ0) is 19.4. The molecule has 0 aliphatic carbocycles.